The van der Waals surface area contributed by atoms with E-state index in [1.54, 1.807) is 0 Å². The van der Waals surface area contributed by atoms with Gasteiger partial charge in [0.25, 0.3) is 0 Å². The summed E-state index contributed by atoms with van der Waals surface area (Å²) in [6, 6.07) is 6.20. The Morgan fingerprint density at radius 3 is 2.69 bits per heavy atom. The van der Waals surface area contributed by atoms with Crippen LogP contribution in [0.3, 0.4) is 0 Å². The van der Waals surface area contributed by atoms with Gasteiger partial charge in [0.05, 0.1) is 6.10 Å². The molecule has 1 aromatic rings. The van der Waals surface area contributed by atoms with Gasteiger partial charge in [-0.3, -0.25) is 0 Å². The summed E-state index contributed by atoms with van der Waals surface area (Å²) in [5, 5.41) is 12.4. The molecule has 2 nitrogen and oxygen atoms in total. The quantitative estimate of drug-likeness (QED) is 0.743. The topological polar surface area (TPSA) is 32.3 Å². The van der Waals surface area contributed by atoms with Crippen LogP contribution in [0.1, 0.15) is 18.1 Å². The van der Waals surface area contributed by atoms with Crippen molar-refractivity contribution in [3.8, 4) is 0 Å². The van der Waals surface area contributed by atoms with E-state index in [0.29, 0.717) is 0 Å². The molecule has 0 aliphatic rings. The molecule has 1 unspecified atom stereocenters. The molecule has 72 valence electrons. The van der Waals surface area contributed by atoms with E-state index in [1.807, 2.05) is 20.0 Å². The van der Waals surface area contributed by atoms with Crippen LogP contribution in [0.5, 0.6) is 0 Å². The lowest BCUT2D eigenvalue weighted by Crippen LogP contribution is -2.06. The number of nitrogens with one attached hydrogen (secondary N) is 1. The molecule has 0 aromatic heterocycles. The first-order valence-electron chi connectivity index (χ1n) is 4.59. The molecule has 0 bridgehead atoms. The standard InChI is InChI=1S/C11H17NO/c1-8-4-5-11(12-3)7-10(8)6-9(2)13/h4-5,7,9,12-13H,6H2,1-3H3. The van der Waals surface area contributed by atoms with E-state index in [1.165, 1.54) is 11.1 Å². The van der Waals surface area contributed by atoms with Crippen LogP contribution in [-0.2, 0) is 6.42 Å². The van der Waals surface area contributed by atoms with E-state index >= 15 is 0 Å². The number of aryl methyl sites for hydroxylation is 1. The molecule has 0 fully saturated rings. The fourth-order valence-corrected chi connectivity index (χ4v) is 1.37. The minimum Gasteiger partial charge on any atom is -0.393 e. The molecule has 13 heavy (non-hydrogen) atoms. The van der Waals surface area contributed by atoms with Crippen LogP contribution in [-0.4, -0.2) is 18.3 Å². The van der Waals surface area contributed by atoms with Gasteiger partial charge in [-0.1, -0.05) is 6.07 Å². The fraction of sp³-hybridized carbons (Fsp3) is 0.455. The minimum atomic E-state index is -0.272. The van der Waals surface area contributed by atoms with Crippen molar-refractivity contribution in [2.75, 3.05) is 12.4 Å². The fourth-order valence-electron chi connectivity index (χ4n) is 1.37. The Balaban J connectivity index is 2.90. The van der Waals surface area contributed by atoms with Gasteiger partial charge in [-0.25, -0.2) is 0 Å². The van der Waals surface area contributed by atoms with Crippen molar-refractivity contribution in [2.45, 2.75) is 26.4 Å². The van der Waals surface area contributed by atoms with Gasteiger partial charge in [0.1, 0.15) is 0 Å². The number of hydrogen-bond acceptors (Lipinski definition) is 2. The van der Waals surface area contributed by atoms with E-state index in [0.717, 1.165) is 12.1 Å². The number of anilines is 1. The second kappa shape index (κ2) is 4.28. The van der Waals surface area contributed by atoms with Gasteiger partial charge in [0, 0.05) is 12.7 Å². The first kappa shape index (κ1) is 10.1. The second-order valence-corrected chi connectivity index (χ2v) is 3.44. The molecule has 0 saturated carbocycles. The van der Waals surface area contributed by atoms with Crippen molar-refractivity contribution < 1.29 is 5.11 Å². The molecule has 0 heterocycles. The zero-order valence-electron chi connectivity index (χ0n) is 8.46. The molecule has 1 rings (SSSR count). The van der Waals surface area contributed by atoms with Crippen LogP contribution in [0.4, 0.5) is 5.69 Å². The van der Waals surface area contributed by atoms with E-state index in [4.69, 9.17) is 0 Å². The van der Waals surface area contributed by atoms with Gasteiger partial charge < -0.3 is 10.4 Å². The van der Waals surface area contributed by atoms with Gasteiger partial charge >= 0.3 is 0 Å². The van der Waals surface area contributed by atoms with Crippen molar-refractivity contribution in [2.24, 2.45) is 0 Å². The van der Waals surface area contributed by atoms with E-state index in [-0.39, 0.29) is 6.10 Å². The van der Waals surface area contributed by atoms with Crippen molar-refractivity contribution in [1.82, 2.24) is 0 Å². The highest BCUT2D eigenvalue weighted by Gasteiger charge is 2.03. The maximum Gasteiger partial charge on any atom is 0.0552 e. The van der Waals surface area contributed by atoms with Crippen LogP contribution >= 0.6 is 0 Å². The molecule has 0 saturated heterocycles. The van der Waals surface area contributed by atoms with Crippen LogP contribution in [0.25, 0.3) is 0 Å². The smallest absolute Gasteiger partial charge is 0.0552 e. The Morgan fingerprint density at radius 2 is 2.15 bits per heavy atom. The number of aliphatic hydroxyl groups is 1. The van der Waals surface area contributed by atoms with E-state index in [2.05, 4.69) is 24.4 Å². The highest BCUT2D eigenvalue weighted by molar-refractivity contribution is 5.48. The third-order valence-electron chi connectivity index (χ3n) is 2.15. The molecule has 2 N–H and O–H groups in total. The molecule has 2 heteroatoms. The van der Waals surface area contributed by atoms with Gasteiger partial charge in [-0.2, -0.15) is 0 Å². The van der Waals surface area contributed by atoms with Crippen LogP contribution in [0.2, 0.25) is 0 Å². The monoisotopic (exact) mass is 179 g/mol. The molecule has 0 aliphatic carbocycles. The summed E-state index contributed by atoms with van der Waals surface area (Å²) >= 11 is 0. The van der Waals surface area contributed by atoms with Crippen molar-refractivity contribution >= 4 is 5.69 Å². The Bertz CT molecular complexity index is 281. The molecule has 1 aromatic carbocycles. The largest absolute Gasteiger partial charge is 0.393 e. The number of hydrogen-bond donors (Lipinski definition) is 2. The summed E-state index contributed by atoms with van der Waals surface area (Å²) in [6.45, 7) is 3.88. The number of rotatable bonds is 3. The summed E-state index contributed by atoms with van der Waals surface area (Å²) in [7, 11) is 1.90. The average Bonchev–Trinajstić information content (AvgIpc) is 2.08. The Kier molecular flexibility index (Phi) is 3.32. The summed E-state index contributed by atoms with van der Waals surface area (Å²) in [4.78, 5) is 0. The van der Waals surface area contributed by atoms with Gasteiger partial charge in [-0.05, 0) is 43.5 Å². The highest BCUT2D eigenvalue weighted by atomic mass is 16.3. The van der Waals surface area contributed by atoms with Crippen molar-refractivity contribution in [3.05, 3.63) is 29.3 Å². The number of aliphatic hydroxyl groups excluding tert-OH is 1. The lowest BCUT2D eigenvalue weighted by molar-refractivity contribution is 0.195. The van der Waals surface area contributed by atoms with Gasteiger partial charge in [0.15, 0.2) is 0 Å². The zero-order valence-corrected chi connectivity index (χ0v) is 8.46. The summed E-state index contributed by atoms with van der Waals surface area (Å²) in [5.74, 6) is 0. The molecule has 0 radical (unpaired) electrons. The Morgan fingerprint density at radius 1 is 1.46 bits per heavy atom. The maximum atomic E-state index is 9.27. The first-order valence-corrected chi connectivity index (χ1v) is 4.59. The molecule has 0 spiro atoms. The summed E-state index contributed by atoms with van der Waals surface area (Å²) in [5.41, 5.74) is 3.54. The minimum absolute atomic E-state index is 0.272. The highest BCUT2D eigenvalue weighted by Crippen LogP contribution is 2.16. The average molecular weight is 179 g/mol. The Labute approximate surface area is 79.6 Å². The van der Waals surface area contributed by atoms with E-state index < -0.39 is 0 Å². The lowest BCUT2D eigenvalue weighted by Gasteiger charge is -2.10. The third-order valence-corrected chi connectivity index (χ3v) is 2.15. The first-order chi connectivity index (χ1) is 6.13. The lowest BCUT2D eigenvalue weighted by atomic mass is 10.0. The molecular formula is C11H17NO. The van der Waals surface area contributed by atoms with Crippen LogP contribution in [0, 0.1) is 6.92 Å². The normalized spacial score (nSPS) is 12.6. The van der Waals surface area contributed by atoms with E-state index in [9.17, 15) is 5.11 Å². The predicted molar refractivity (Wildman–Crippen MR) is 56.1 cm³/mol. The molecule has 1 atom stereocenters. The maximum absolute atomic E-state index is 9.27. The molecule has 0 aliphatic heterocycles. The van der Waals surface area contributed by atoms with Crippen molar-refractivity contribution in [1.29, 1.82) is 0 Å². The molecule has 0 amide bonds. The SMILES string of the molecule is CNc1ccc(C)c(CC(C)O)c1. The van der Waals surface area contributed by atoms with Crippen LogP contribution < -0.4 is 5.32 Å². The van der Waals surface area contributed by atoms with Crippen LogP contribution in [0.15, 0.2) is 18.2 Å². The van der Waals surface area contributed by atoms with Gasteiger partial charge in [-0.15, -0.1) is 0 Å². The summed E-state index contributed by atoms with van der Waals surface area (Å²) < 4.78 is 0. The zero-order chi connectivity index (χ0) is 9.84. The third kappa shape index (κ3) is 2.74. The second-order valence-electron chi connectivity index (χ2n) is 3.44. The molecular weight excluding hydrogens is 162 g/mol. The van der Waals surface area contributed by atoms with Crippen molar-refractivity contribution in [3.63, 3.8) is 0 Å². The van der Waals surface area contributed by atoms with Gasteiger partial charge in [0.2, 0.25) is 0 Å². The predicted octanol–water partition coefficient (Wildman–Crippen LogP) is 1.96. The Hall–Kier alpha value is -1.02. The summed E-state index contributed by atoms with van der Waals surface area (Å²) in [6.07, 6.45) is 0.451. The number of benzene rings is 1.